The molecule has 1 fully saturated rings. The average molecular weight is 448 g/mol. The maximum atomic E-state index is 13.9. The third kappa shape index (κ3) is 4.15. The lowest BCUT2D eigenvalue weighted by atomic mass is 9.98. The summed E-state index contributed by atoms with van der Waals surface area (Å²) in [5.74, 6) is -5.94. The number of sulfonamides is 1. The highest BCUT2D eigenvalue weighted by Crippen LogP contribution is 2.27. The third-order valence-electron chi connectivity index (χ3n) is 5.41. The van der Waals surface area contributed by atoms with Crippen molar-refractivity contribution in [3.8, 4) is 0 Å². The topological polar surface area (TPSA) is 66.5 Å². The predicted octanol–water partition coefficient (Wildman–Crippen LogP) is 4.30. The fourth-order valence-electron chi connectivity index (χ4n) is 3.71. The minimum absolute atomic E-state index is 0.0910. The molecule has 1 N–H and O–H groups in total. The molecule has 0 bridgehead atoms. The van der Waals surface area contributed by atoms with E-state index in [-0.39, 0.29) is 18.0 Å². The molecule has 1 heterocycles. The second-order valence-electron chi connectivity index (χ2n) is 7.42. The number of fused-ring (bicyclic) bond motifs is 1. The summed E-state index contributed by atoms with van der Waals surface area (Å²) in [5.41, 5.74) is -0.488. The summed E-state index contributed by atoms with van der Waals surface area (Å²) in [5, 5.41) is 3.93. The van der Waals surface area contributed by atoms with Gasteiger partial charge in [0.15, 0.2) is 17.5 Å². The Morgan fingerprint density at radius 2 is 1.71 bits per heavy atom. The Morgan fingerprint density at radius 1 is 0.968 bits per heavy atom. The summed E-state index contributed by atoms with van der Waals surface area (Å²) in [6, 6.07) is 13.9. The Bertz CT molecular complexity index is 1260. The molecule has 0 unspecified atom stereocenters. The first-order valence-electron chi connectivity index (χ1n) is 9.70. The summed E-state index contributed by atoms with van der Waals surface area (Å²) < 4.78 is 67.9. The smallest absolute Gasteiger partial charge is 0.243 e. The van der Waals surface area contributed by atoms with Crippen LogP contribution >= 0.6 is 0 Å². The maximum Gasteiger partial charge on any atom is 0.243 e. The molecule has 1 amide bonds. The van der Waals surface area contributed by atoms with E-state index in [1.807, 2.05) is 24.3 Å². The average Bonchev–Trinajstić information content (AvgIpc) is 2.79. The van der Waals surface area contributed by atoms with Crippen LogP contribution in [0, 0.1) is 23.4 Å². The van der Waals surface area contributed by atoms with E-state index in [1.165, 1.54) is 10.4 Å². The van der Waals surface area contributed by atoms with Crippen molar-refractivity contribution in [2.75, 3.05) is 18.4 Å². The number of anilines is 1. The highest BCUT2D eigenvalue weighted by Gasteiger charge is 2.34. The summed E-state index contributed by atoms with van der Waals surface area (Å²) in [4.78, 5) is 12.7. The van der Waals surface area contributed by atoms with Crippen LogP contribution in [0.15, 0.2) is 59.5 Å². The quantitative estimate of drug-likeness (QED) is 0.606. The first-order chi connectivity index (χ1) is 14.8. The number of nitrogens with zero attached hydrogens (tertiary/aromatic N) is 1. The van der Waals surface area contributed by atoms with Crippen molar-refractivity contribution >= 4 is 32.4 Å². The molecule has 1 aliphatic heterocycles. The van der Waals surface area contributed by atoms with Crippen molar-refractivity contribution in [2.24, 2.45) is 5.92 Å². The van der Waals surface area contributed by atoms with Crippen LogP contribution in [0.4, 0.5) is 18.9 Å². The van der Waals surface area contributed by atoms with E-state index >= 15 is 0 Å². The Morgan fingerprint density at radius 3 is 2.48 bits per heavy atom. The fraction of sp³-hybridized carbons (Fsp3) is 0.227. The van der Waals surface area contributed by atoms with Crippen LogP contribution in [0.1, 0.15) is 12.8 Å². The van der Waals surface area contributed by atoms with Gasteiger partial charge in [0.05, 0.1) is 16.5 Å². The highest BCUT2D eigenvalue weighted by molar-refractivity contribution is 7.89. The van der Waals surface area contributed by atoms with Crippen molar-refractivity contribution in [3.05, 3.63) is 72.0 Å². The van der Waals surface area contributed by atoms with Gasteiger partial charge in [-0.2, -0.15) is 4.31 Å². The van der Waals surface area contributed by atoms with Crippen molar-refractivity contribution in [2.45, 2.75) is 17.7 Å². The molecule has 0 aromatic heterocycles. The molecule has 3 aromatic rings. The Labute approximate surface area is 177 Å². The molecule has 1 atom stereocenters. The van der Waals surface area contributed by atoms with Crippen LogP contribution in [0.2, 0.25) is 0 Å². The molecule has 9 heteroatoms. The first-order valence-corrected chi connectivity index (χ1v) is 11.1. The molecule has 0 saturated carbocycles. The molecular weight excluding hydrogens is 429 g/mol. The minimum Gasteiger partial charge on any atom is -0.323 e. The highest BCUT2D eigenvalue weighted by atomic mass is 32.2. The predicted molar refractivity (Wildman–Crippen MR) is 110 cm³/mol. The zero-order chi connectivity index (χ0) is 22.2. The molecular formula is C22H19F3N2O3S. The second kappa shape index (κ2) is 8.32. The third-order valence-corrected chi connectivity index (χ3v) is 7.27. The van der Waals surface area contributed by atoms with E-state index in [9.17, 15) is 26.4 Å². The van der Waals surface area contributed by atoms with E-state index in [0.29, 0.717) is 18.9 Å². The molecule has 5 nitrogen and oxygen atoms in total. The van der Waals surface area contributed by atoms with Crippen LogP contribution in [0.3, 0.4) is 0 Å². The van der Waals surface area contributed by atoms with Gasteiger partial charge in [-0.05, 0) is 47.9 Å². The van der Waals surface area contributed by atoms with Gasteiger partial charge >= 0.3 is 0 Å². The fourth-order valence-corrected chi connectivity index (χ4v) is 5.27. The maximum absolute atomic E-state index is 13.9. The molecule has 0 aliphatic carbocycles. The van der Waals surface area contributed by atoms with Gasteiger partial charge in [-0.1, -0.05) is 30.3 Å². The Kier molecular flexibility index (Phi) is 5.72. The molecule has 3 aromatic carbocycles. The summed E-state index contributed by atoms with van der Waals surface area (Å²) in [6.45, 7) is 0.158. The normalized spacial score (nSPS) is 17.6. The lowest BCUT2D eigenvalue weighted by Gasteiger charge is -2.31. The number of carbonyl (C=O) groups excluding carboxylic acids is 1. The largest absolute Gasteiger partial charge is 0.323 e. The number of nitrogens with one attached hydrogen (secondary N) is 1. The lowest BCUT2D eigenvalue weighted by Crippen LogP contribution is -2.43. The van der Waals surface area contributed by atoms with E-state index in [1.54, 1.807) is 12.1 Å². The van der Waals surface area contributed by atoms with Gasteiger partial charge in [-0.25, -0.2) is 21.6 Å². The molecule has 31 heavy (non-hydrogen) atoms. The van der Waals surface area contributed by atoms with Crippen molar-refractivity contribution in [1.29, 1.82) is 0 Å². The number of halogens is 3. The van der Waals surface area contributed by atoms with Gasteiger partial charge in [0.25, 0.3) is 0 Å². The van der Waals surface area contributed by atoms with Crippen molar-refractivity contribution in [1.82, 2.24) is 4.31 Å². The van der Waals surface area contributed by atoms with Crippen LogP contribution in [0.25, 0.3) is 10.8 Å². The van der Waals surface area contributed by atoms with Crippen LogP contribution in [-0.4, -0.2) is 31.7 Å². The molecule has 4 rings (SSSR count). The van der Waals surface area contributed by atoms with Gasteiger partial charge in [0, 0.05) is 13.1 Å². The minimum atomic E-state index is -3.84. The van der Waals surface area contributed by atoms with Gasteiger partial charge < -0.3 is 5.32 Å². The number of hydrogen-bond donors (Lipinski definition) is 1. The molecule has 0 spiro atoms. The number of piperidine rings is 1. The number of amides is 1. The SMILES string of the molecule is O=C(Nc1ccc(F)c(F)c1F)[C@H]1CCCN(S(=O)(=O)c2ccc3ccccc3c2)C1. The summed E-state index contributed by atoms with van der Waals surface area (Å²) >= 11 is 0. The number of benzene rings is 3. The van der Waals surface area contributed by atoms with E-state index in [4.69, 9.17) is 0 Å². The summed E-state index contributed by atoms with van der Waals surface area (Å²) in [7, 11) is -3.84. The zero-order valence-corrected chi connectivity index (χ0v) is 17.1. The number of rotatable bonds is 4. The Hall–Kier alpha value is -2.91. The summed E-state index contributed by atoms with van der Waals surface area (Å²) in [6.07, 6.45) is 0.825. The number of carbonyl (C=O) groups is 1. The van der Waals surface area contributed by atoms with Gasteiger partial charge in [-0.3, -0.25) is 4.79 Å². The van der Waals surface area contributed by atoms with Gasteiger partial charge in [0.2, 0.25) is 15.9 Å². The molecule has 1 saturated heterocycles. The van der Waals surface area contributed by atoms with Crippen LogP contribution < -0.4 is 5.32 Å². The lowest BCUT2D eigenvalue weighted by molar-refractivity contribution is -0.120. The van der Waals surface area contributed by atoms with Gasteiger partial charge in [0.1, 0.15) is 0 Å². The Balaban J connectivity index is 1.53. The van der Waals surface area contributed by atoms with Crippen LogP contribution in [0.5, 0.6) is 0 Å². The molecule has 0 radical (unpaired) electrons. The van der Waals surface area contributed by atoms with E-state index < -0.39 is 45.0 Å². The molecule has 162 valence electrons. The number of hydrogen-bond acceptors (Lipinski definition) is 3. The van der Waals surface area contributed by atoms with E-state index in [0.717, 1.165) is 16.8 Å². The standard InChI is InChI=1S/C22H19F3N2O3S/c23-18-9-10-19(21(25)20(18)24)26-22(28)16-6-3-11-27(13-16)31(29,30)17-8-7-14-4-1-2-5-15(14)12-17/h1-2,4-5,7-10,12,16H,3,6,11,13H2,(H,26,28)/t16-/m0/s1. The zero-order valence-electron chi connectivity index (χ0n) is 16.3. The second-order valence-corrected chi connectivity index (χ2v) is 9.36. The molecule has 1 aliphatic rings. The van der Waals surface area contributed by atoms with Crippen molar-refractivity contribution in [3.63, 3.8) is 0 Å². The first kappa shape index (κ1) is 21.3. The van der Waals surface area contributed by atoms with E-state index in [2.05, 4.69) is 5.32 Å². The van der Waals surface area contributed by atoms with Gasteiger partial charge in [-0.15, -0.1) is 0 Å². The van der Waals surface area contributed by atoms with Crippen molar-refractivity contribution < 1.29 is 26.4 Å². The van der Waals surface area contributed by atoms with Crippen LogP contribution in [-0.2, 0) is 14.8 Å². The monoisotopic (exact) mass is 448 g/mol.